The Hall–Kier alpha value is -0.383. The third-order valence-electron chi connectivity index (χ3n) is 3.72. The molecule has 3 heteroatoms. The van der Waals surface area contributed by atoms with E-state index in [1.54, 1.807) is 0 Å². The van der Waals surface area contributed by atoms with Crippen molar-refractivity contribution in [2.45, 2.75) is 58.0 Å². The fourth-order valence-corrected chi connectivity index (χ4v) is 2.82. The van der Waals surface area contributed by atoms with E-state index in [1.807, 2.05) is 13.0 Å². The van der Waals surface area contributed by atoms with Crippen LogP contribution in [0.15, 0.2) is 24.3 Å². The Balaban J connectivity index is 2.82. The average molecular weight is 254 g/mol. The summed E-state index contributed by atoms with van der Waals surface area (Å²) >= 11 is 0. The first-order valence-electron chi connectivity index (χ1n) is 6.26. The van der Waals surface area contributed by atoms with Crippen LogP contribution in [-0.2, 0) is 9.16 Å². The molecule has 1 unspecified atom stereocenters. The van der Waals surface area contributed by atoms with Gasteiger partial charge in [-0.3, -0.25) is 0 Å². The highest BCUT2D eigenvalue weighted by atomic mass is 28.4. The average Bonchev–Trinajstić information content (AvgIpc) is 2.15. The van der Waals surface area contributed by atoms with E-state index in [4.69, 9.17) is 9.16 Å². The second kappa shape index (κ2) is 5.08. The van der Waals surface area contributed by atoms with Crippen molar-refractivity contribution in [1.82, 2.24) is 0 Å². The minimum atomic E-state index is -1.75. The first kappa shape index (κ1) is 14.7. The highest BCUT2D eigenvalue weighted by Crippen LogP contribution is 2.38. The normalized spacial score (nSPS) is 26.0. The third-order valence-corrected chi connectivity index (χ3v) is 8.19. The Morgan fingerprint density at radius 2 is 2.00 bits per heavy atom. The highest BCUT2D eigenvalue weighted by Gasteiger charge is 2.40. The van der Waals surface area contributed by atoms with Crippen molar-refractivity contribution >= 4 is 8.32 Å². The van der Waals surface area contributed by atoms with Crippen LogP contribution < -0.4 is 0 Å². The molecule has 0 saturated carbocycles. The first-order valence-corrected chi connectivity index (χ1v) is 9.17. The van der Waals surface area contributed by atoms with Crippen molar-refractivity contribution in [1.29, 1.82) is 0 Å². The number of hydrogen-bond acceptors (Lipinski definition) is 2. The van der Waals surface area contributed by atoms with Gasteiger partial charge >= 0.3 is 0 Å². The topological polar surface area (TPSA) is 18.5 Å². The Bertz CT molecular complexity index is 313. The Morgan fingerprint density at radius 1 is 1.41 bits per heavy atom. The first-order chi connectivity index (χ1) is 7.65. The fraction of sp³-hybridized carbons (Fsp3) is 0.714. The summed E-state index contributed by atoms with van der Waals surface area (Å²) in [6.07, 6.45) is 4.21. The third kappa shape index (κ3) is 3.54. The lowest BCUT2D eigenvalue weighted by atomic mass is 10.1. The van der Waals surface area contributed by atoms with Crippen LogP contribution in [0.4, 0.5) is 0 Å². The van der Waals surface area contributed by atoms with Crippen molar-refractivity contribution in [2.75, 3.05) is 6.61 Å². The lowest BCUT2D eigenvalue weighted by molar-refractivity contribution is 0.0128. The van der Waals surface area contributed by atoms with Gasteiger partial charge in [0, 0.05) is 0 Å². The van der Waals surface area contributed by atoms with Crippen LogP contribution >= 0.6 is 0 Å². The van der Waals surface area contributed by atoms with Gasteiger partial charge in [-0.25, -0.2) is 0 Å². The van der Waals surface area contributed by atoms with Crippen molar-refractivity contribution in [3.63, 3.8) is 0 Å². The van der Waals surface area contributed by atoms with E-state index in [2.05, 4.69) is 46.5 Å². The van der Waals surface area contributed by atoms with Gasteiger partial charge in [0.05, 0.1) is 12.7 Å². The Labute approximate surface area is 107 Å². The molecule has 1 heterocycles. The molecule has 17 heavy (non-hydrogen) atoms. The van der Waals surface area contributed by atoms with Crippen LogP contribution in [0.3, 0.4) is 0 Å². The molecule has 98 valence electrons. The standard InChI is InChI=1S/C14H26O2Si/c1-11(2)13-12(9-8-10-15-13)16-17(6,7)14(3,4)5/h8-9,12-13H,1,10H2,2-7H3/t12?,13-/m1/s1. The summed E-state index contributed by atoms with van der Waals surface area (Å²) in [5.74, 6) is 0. The van der Waals surface area contributed by atoms with Crippen molar-refractivity contribution < 1.29 is 9.16 Å². The van der Waals surface area contributed by atoms with Crippen LogP contribution in [0, 0.1) is 0 Å². The van der Waals surface area contributed by atoms with Crippen LogP contribution in [0.1, 0.15) is 27.7 Å². The molecule has 1 aliphatic rings. The second-order valence-corrected chi connectivity index (χ2v) is 11.1. The van der Waals surface area contributed by atoms with Gasteiger partial charge in [0.25, 0.3) is 0 Å². The molecule has 0 bridgehead atoms. The summed E-state index contributed by atoms with van der Waals surface area (Å²) in [4.78, 5) is 0. The maximum atomic E-state index is 6.38. The number of hydrogen-bond donors (Lipinski definition) is 0. The molecular weight excluding hydrogens is 228 g/mol. The quantitative estimate of drug-likeness (QED) is 0.561. The molecule has 1 rings (SSSR count). The molecule has 0 amide bonds. The summed E-state index contributed by atoms with van der Waals surface area (Å²) in [6, 6.07) is 0. The summed E-state index contributed by atoms with van der Waals surface area (Å²) in [6.45, 7) is 18.0. The molecule has 0 fully saturated rings. The van der Waals surface area contributed by atoms with Gasteiger partial charge in [-0.1, -0.05) is 39.5 Å². The van der Waals surface area contributed by atoms with E-state index in [0.717, 1.165) is 5.57 Å². The molecule has 2 nitrogen and oxygen atoms in total. The van der Waals surface area contributed by atoms with Gasteiger partial charge in [-0.2, -0.15) is 0 Å². The maximum absolute atomic E-state index is 6.38. The second-order valence-electron chi connectivity index (χ2n) is 6.37. The zero-order chi connectivity index (χ0) is 13.3. The summed E-state index contributed by atoms with van der Waals surface area (Å²) in [5, 5.41) is 0.220. The van der Waals surface area contributed by atoms with Gasteiger partial charge in [0.2, 0.25) is 0 Å². The van der Waals surface area contributed by atoms with E-state index in [0.29, 0.717) is 6.61 Å². The van der Waals surface area contributed by atoms with Gasteiger partial charge in [-0.05, 0) is 30.6 Å². The van der Waals surface area contributed by atoms with Crippen molar-refractivity contribution in [3.05, 3.63) is 24.3 Å². The molecular formula is C14H26O2Si. The molecule has 1 aliphatic heterocycles. The lowest BCUT2D eigenvalue weighted by Crippen LogP contribution is -2.48. The van der Waals surface area contributed by atoms with E-state index in [-0.39, 0.29) is 17.2 Å². The molecule has 0 radical (unpaired) electrons. The molecule has 0 N–H and O–H groups in total. The minimum Gasteiger partial charge on any atom is -0.408 e. The van der Waals surface area contributed by atoms with Gasteiger partial charge in [-0.15, -0.1) is 0 Å². The zero-order valence-electron chi connectivity index (χ0n) is 12.0. The predicted molar refractivity (Wildman–Crippen MR) is 75.8 cm³/mol. The lowest BCUT2D eigenvalue weighted by Gasteiger charge is -2.41. The molecule has 0 spiro atoms. The summed E-state index contributed by atoms with van der Waals surface area (Å²) < 4.78 is 12.1. The fourth-order valence-electron chi connectivity index (χ4n) is 1.59. The van der Waals surface area contributed by atoms with E-state index < -0.39 is 8.32 Å². The van der Waals surface area contributed by atoms with E-state index >= 15 is 0 Å². The monoisotopic (exact) mass is 254 g/mol. The maximum Gasteiger partial charge on any atom is 0.193 e. The van der Waals surface area contributed by atoms with Gasteiger partial charge in [0.1, 0.15) is 6.10 Å². The van der Waals surface area contributed by atoms with Crippen molar-refractivity contribution in [3.8, 4) is 0 Å². The molecule has 0 saturated heterocycles. The minimum absolute atomic E-state index is 0.00845. The summed E-state index contributed by atoms with van der Waals surface area (Å²) in [7, 11) is -1.75. The predicted octanol–water partition coefficient (Wildman–Crippen LogP) is 3.91. The SMILES string of the molecule is C=C(C)[C@H]1OCC=CC1O[Si](C)(C)C(C)(C)C. The van der Waals surface area contributed by atoms with Crippen LogP contribution in [0.5, 0.6) is 0 Å². The summed E-state index contributed by atoms with van der Waals surface area (Å²) in [5.41, 5.74) is 1.04. The van der Waals surface area contributed by atoms with Crippen LogP contribution in [-0.4, -0.2) is 27.1 Å². The zero-order valence-corrected chi connectivity index (χ0v) is 13.0. The molecule has 2 atom stereocenters. The Morgan fingerprint density at radius 3 is 2.47 bits per heavy atom. The van der Waals surface area contributed by atoms with Gasteiger partial charge in [0.15, 0.2) is 8.32 Å². The van der Waals surface area contributed by atoms with Crippen LogP contribution in [0.25, 0.3) is 0 Å². The van der Waals surface area contributed by atoms with E-state index in [1.165, 1.54) is 0 Å². The Kier molecular flexibility index (Phi) is 4.39. The highest BCUT2D eigenvalue weighted by molar-refractivity contribution is 6.74. The smallest absolute Gasteiger partial charge is 0.193 e. The van der Waals surface area contributed by atoms with Crippen molar-refractivity contribution in [2.24, 2.45) is 0 Å². The largest absolute Gasteiger partial charge is 0.408 e. The van der Waals surface area contributed by atoms with Crippen LogP contribution in [0.2, 0.25) is 18.1 Å². The molecule has 0 aromatic carbocycles. The molecule has 0 aromatic rings. The molecule has 0 aromatic heterocycles. The molecule has 0 aliphatic carbocycles. The number of rotatable bonds is 3. The van der Waals surface area contributed by atoms with E-state index in [9.17, 15) is 0 Å². The number of ether oxygens (including phenoxy) is 1. The van der Waals surface area contributed by atoms with Gasteiger partial charge < -0.3 is 9.16 Å².